The average Bonchev–Trinajstić information content (AvgIpc) is 2.84. The monoisotopic (exact) mass is 347 g/mol. The summed E-state index contributed by atoms with van der Waals surface area (Å²) >= 11 is 12.2. The second-order valence-electron chi connectivity index (χ2n) is 4.47. The van der Waals surface area contributed by atoms with Crippen molar-refractivity contribution < 1.29 is 5.11 Å². The summed E-state index contributed by atoms with van der Waals surface area (Å²) < 4.78 is 1.27. The number of nitrogens with two attached hydrogens (primary N) is 1. The molecule has 0 saturated carbocycles. The van der Waals surface area contributed by atoms with Gasteiger partial charge in [0.1, 0.15) is 29.2 Å². The predicted molar refractivity (Wildman–Crippen MR) is 88.4 cm³/mol. The van der Waals surface area contributed by atoms with Crippen LogP contribution in [0.15, 0.2) is 18.2 Å². The van der Waals surface area contributed by atoms with Gasteiger partial charge in [-0.25, -0.2) is 4.68 Å². The molecule has 0 atom stereocenters. The van der Waals surface area contributed by atoms with Crippen LogP contribution in [0.1, 0.15) is 16.8 Å². The minimum atomic E-state index is -0.196. The molecule has 0 fully saturated rings. The first-order valence-corrected chi connectivity index (χ1v) is 7.22. The lowest BCUT2D eigenvalue weighted by molar-refractivity contribution is 0.270. The van der Waals surface area contributed by atoms with Gasteiger partial charge in [-0.2, -0.15) is 15.6 Å². The third-order valence-corrected chi connectivity index (χ3v) is 3.74. The smallest absolute Gasteiger partial charge is 0.140 e. The zero-order valence-electron chi connectivity index (χ0n) is 11.8. The van der Waals surface area contributed by atoms with E-state index in [1.165, 1.54) is 10.8 Å². The highest BCUT2D eigenvalue weighted by molar-refractivity contribution is 6.37. The van der Waals surface area contributed by atoms with Crippen molar-refractivity contribution in [1.82, 2.24) is 9.78 Å². The van der Waals surface area contributed by atoms with E-state index in [4.69, 9.17) is 34.0 Å². The molecule has 6 nitrogen and oxygen atoms in total. The van der Waals surface area contributed by atoms with E-state index >= 15 is 0 Å². The Kier molecular flexibility index (Phi) is 5.25. The van der Waals surface area contributed by atoms with E-state index in [0.717, 1.165) is 0 Å². The van der Waals surface area contributed by atoms with Crippen LogP contribution in [0.2, 0.25) is 10.0 Å². The van der Waals surface area contributed by atoms with Gasteiger partial charge in [-0.15, -0.1) is 0 Å². The van der Waals surface area contributed by atoms with Crippen LogP contribution in [0.3, 0.4) is 0 Å². The van der Waals surface area contributed by atoms with Crippen molar-refractivity contribution in [1.29, 1.82) is 10.5 Å². The number of aliphatic hydroxyl groups is 1. The Hall–Kier alpha value is -2.51. The minimum absolute atomic E-state index is 0.0643. The summed E-state index contributed by atoms with van der Waals surface area (Å²) in [6.45, 7) is -0.0792. The number of hydrogen-bond acceptors (Lipinski definition) is 5. The molecular weight excluding hydrogens is 337 g/mol. The molecule has 1 aromatic heterocycles. The number of rotatable bonds is 4. The lowest BCUT2D eigenvalue weighted by Crippen LogP contribution is -2.07. The van der Waals surface area contributed by atoms with Crippen LogP contribution in [0.25, 0.3) is 11.6 Å². The van der Waals surface area contributed by atoms with Crippen LogP contribution >= 0.6 is 23.2 Å². The van der Waals surface area contributed by atoms with Crippen molar-refractivity contribution in [3.05, 3.63) is 45.1 Å². The first-order valence-electron chi connectivity index (χ1n) is 6.46. The van der Waals surface area contributed by atoms with Crippen molar-refractivity contribution >= 4 is 40.7 Å². The Morgan fingerprint density at radius 2 is 2.00 bits per heavy atom. The largest absolute Gasteiger partial charge is 0.394 e. The van der Waals surface area contributed by atoms with Crippen LogP contribution in [0.4, 0.5) is 5.82 Å². The number of nitriles is 2. The molecule has 0 amide bonds. The fourth-order valence-corrected chi connectivity index (χ4v) is 2.49. The molecule has 0 unspecified atom stereocenters. The molecule has 0 spiro atoms. The topological polar surface area (TPSA) is 112 Å². The van der Waals surface area contributed by atoms with Crippen molar-refractivity contribution in [2.45, 2.75) is 6.54 Å². The van der Waals surface area contributed by atoms with Crippen LogP contribution in [-0.4, -0.2) is 21.5 Å². The third kappa shape index (κ3) is 3.30. The molecule has 116 valence electrons. The summed E-state index contributed by atoms with van der Waals surface area (Å²) in [7, 11) is 0. The fraction of sp³-hybridized carbons (Fsp3) is 0.133. The van der Waals surface area contributed by atoms with Crippen LogP contribution < -0.4 is 5.73 Å². The third-order valence-electron chi connectivity index (χ3n) is 3.08. The number of allylic oxidation sites excluding steroid dienone is 1. The highest BCUT2D eigenvalue weighted by Gasteiger charge is 2.19. The van der Waals surface area contributed by atoms with E-state index in [0.29, 0.717) is 15.6 Å². The zero-order chi connectivity index (χ0) is 17.0. The summed E-state index contributed by atoms with van der Waals surface area (Å²) in [4.78, 5) is 0. The van der Waals surface area contributed by atoms with Crippen LogP contribution in [-0.2, 0) is 6.54 Å². The second kappa shape index (κ2) is 7.17. The number of aromatic nitrogens is 2. The summed E-state index contributed by atoms with van der Waals surface area (Å²) in [5, 5.41) is 32.6. The Balaban J connectivity index is 2.64. The number of nitrogen functional groups attached to an aromatic ring is 1. The predicted octanol–water partition coefficient (Wildman–Crippen LogP) is 2.70. The SMILES string of the molecule is N#C/C(=C/c1c(Cl)cccc1Cl)c1nn(CCO)c(N)c1C#N. The van der Waals surface area contributed by atoms with Gasteiger partial charge in [0.15, 0.2) is 0 Å². The molecule has 0 saturated heterocycles. The van der Waals surface area contributed by atoms with Gasteiger partial charge in [0.25, 0.3) is 0 Å². The van der Waals surface area contributed by atoms with E-state index in [1.807, 2.05) is 12.1 Å². The molecule has 0 bridgehead atoms. The van der Waals surface area contributed by atoms with Gasteiger partial charge in [-0.05, 0) is 18.2 Å². The molecule has 1 aromatic carbocycles. The lowest BCUT2D eigenvalue weighted by Gasteiger charge is -2.02. The van der Waals surface area contributed by atoms with Gasteiger partial charge in [0, 0.05) is 15.6 Å². The molecular formula is C15H11Cl2N5O. The van der Waals surface area contributed by atoms with E-state index in [9.17, 15) is 10.5 Å². The number of nitrogens with zero attached hydrogens (tertiary/aromatic N) is 4. The summed E-state index contributed by atoms with van der Waals surface area (Å²) in [6, 6.07) is 8.86. The highest BCUT2D eigenvalue weighted by atomic mass is 35.5. The maximum Gasteiger partial charge on any atom is 0.140 e. The van der Waals surface area contributed by atoms with E-state index in [2.05, 4.69) is 5.10 Å². The van der Waals surface area contributed by atoms with Crippen molar-refractivity contribution in [3.8, 4) is 12.1 Å². The Labute approximate surface area is 142 Å². The van der Waals surface area contributed by atoms with E-state index < -0.39 is 0 Å². The highest BCUT2D eigenvalue weighted by Crippen LogP contribution is 2.30. The zero-order valence-corrected chi connectivity index (χ0v) is 13.3. The normalized spacial score (nSPS) is 11.1. The molecule has 23 heavy (non-hydrogen) atoms. The fourth-order valence-electron chi connectivity index (χ4n) is 1.99. The van der Waals surface area contributed by atoms with E-state index in [1.54, 1.807) is 18.2 Å². The molecule has 3 N–H and O–H groups in total. The van der Waals surface area contributed by atoms with Gasteiger partial charge >= 0.3 is 0 Å². The first-order chi connectivity index (χ1) is 11.0. The molecule has 0 radical (unpaired) electrons. The van der Waals surface area contributed by atoms with Crippen LogP contribution in [0, 0.1) is 22.7 Å². The first kappa shape index (κ1) is 16.9. The Bertz CT molecular complexity index is 838. The number of aliphatic hydroxyl groups excluding tert-OH is 1. The minimum Gasteiger partial charge on any atom is -0.394 e. The van der Waals surface area contributed by atoms with Crippen LogP contribution in [0.5, 0.6) is 0 Å². The average molecular weight is 348 g/mol. The molecule has 0 aliphatic carbocycles. The lowest BCUT2D eigenvalue weighted by atomic mass is 10.1. The second-order valence-corrected chi connectivity index (χ2v) is 5.29. The maximum atomic E-state index is 9.42. The standard InChI is InChI=1S/C15H11Cl2N5O/c16-12-2-1-3-13(17)10(12)6-9(7-18)14-11(8-19)15(20)22(21-14)4-5-23/h1-3,6,23H,4-5,20H2/b9-6-. The summed E-state index contributed by atoms with van der Waals surface area (Å²) in [5.74, 6) is 0.0861. The molecule has 1 heterocycles. The maximum absolute atomic E-state index is 9.42. The molecule has 0 aliphatic heterocycles. The summed E-state index contributed by atoms with van der Waals surface area (Å²) in [5.41, 5.74) is 6.56. The van der Waals surface area contributed by atoms with Crippen molar-refractivity contribution in [3.63, 3.8) is 0 Å². The summed E-state index contributed by atoms with van der Waals surface area (Å²) in [6.07, 6.45) is 1.45. The van der Waals surface area contributed by atoms with Gasteiger partial charge in [-0.3, -0.25) is 0 Å². The molecule has 8 heteroatoms. The van der Waals surface area contributed by atoms with Gasteiger partial charge in [0.05, 0.1) is 18.7 Å². The van der Waals surface area contributed by atoms with Gasteiger partial charge < -0.3 is 10.8 Å². The molecule has 2 rings (SSSR count). The molecule has 0 aliphatic rings. The quantitative estimate of drug-likeness (QED) is 0.825. The number of hydrogen-bond donors (Lipinski definition) is 2. The van der Waals surface area contributed by atoms with E-state index in [-0.39, 0.29) is 35.8 Å². The molecule has 2 aromatic rings. The Morgan fingerprint density at radius 3 is 2.52 bits per heavy atom. The number of halogens is 2. The van der Waals surface area contributed by atoms with Gasteiger partial charge in [0.2, 0.25) is 0 Å². The van der Waals surface area contributed by atoms with Gasteiger partial charge in [-0.1, -0.05) is 29.3 Å². The van der Waals surface area contributed by atoms with Crippen molar-refractivity contribution in [2.75, 3.05) is 12.3 Å². The number of benzene rings is 1. The Morgan fingerprint density at radius 1 is 1.35 bits per heavy atom. The number of anilines is 1. The van der Waals surface area contributed by atoms with Crippen molar-refractivity contribution in [2.24, 2.45) is 0 Å².